The molecule has 9 fully saturated rings. The molecule has 0 bridgehead atoms. The number of carbonyl (C=O) groups is 9. The van der Waals surface area contributed by atoms with Gasteiger partial charge in [0.1, 0.15) is 36.6 Å². The first kappa shape index (κ1) is 79.6. The van der Waals surface area contributed by atoms with Crippen molar-refractivity contribution in [3.8, 4) is 0 Å². The number of hydrogen-bond donors (Lipinski definition) is 12. The predicted molar refractivity (Wildman–Crippen MR) is 349 cm³/mol. The van der Waals surface area contributed by atoms with E-state index in [-0.39, 0.29) is 67.2 Å². The summed E-state index contributed by atoms with van der Waals surface area (Å²) < 4.78 is 50.6. The molecule has 12 rings (SSSR count). The number of hydrogen-bond acceptors (Lipinski definition) is 18. The van der Waals surface area contributed by atoms with E-state index in [1.807, 2.05) is 0 Å². The molecular formula is C74H103F3O21. The van der Waals surface area contributed by atoms with Crippen LogP contribution >= 0.6 is 0 Å². The molecule has 0 aromatic rings. The molecule has 24 heteroatoms. The number of halogens is 3. The highest BCUT2D eigenvalue weighted by molar-refractivity contribution is 6.02. The standard InChI is InChI=1S/3C22H29FO5.2C3H6O2.C2H4O2/c3*1-12-8-16-15-5-4-13-9-14(25)6-7-19(13,2)21(15,23)17(26)10-20(16,3)22(12,28)18(27)11-24;2*1-2-3(4)5;1-2(3)4/h3*6-7,9,12,15-17,24,26,28H,4-5,8,10-11H2,1-3H3;2*2H2,1H3,(H,4,5);1H3,(H,3,4)/t3*12-,15-,16-,17-,19-,20-,21-,22-;;;/m000.../s1. The Labute approximate surface area is 570 Å². The Balaban J connectivity index is 0.000000188. The number of ketones is 6. The normalized spacial score (nSPS) is 46.0. The van der Waals surface area contributed by atoms with Gasteiger partial charge in [0.05, 0.1) is 18.3 Å². The summed E-state index contributed by atoms with van der Waals surface area (Å²) in [5, 5.41) is 119. The zero-order chi connectivity index (χ0) is 74.2. The van der Waals surface area contributed by atoms with E-state index in [1.54, 1.807) is 94.4 Å². The third-order valence-corrected chi connectivity index (χ3v) is 27.0. The van der Waals surface area contributed by atoms with Crippen molar-refractivity contribution in [2.24, 2.45) is 85.8 Å². The average Bonchev–Trinajstić information content (AvgIpc) is 1.38. The van der Waals surface area contributed by atoms with Crippen LogP contribution in [0.1, 0.15) is 173 Å². The number of alkyl halides is 3. The number of fused-ring (bicyclic) bond motifs is 15. The number of Topliss-reactive ketones (excluding diaryl/α,β-unsaturated/α-hetero) is 3. The van der Waals surface area contributed by atoms with Crippen LogP contribution in [-0.2, 0) is 43.2 Å². The molecule has 12 N–H and O–H groups in total. The lowest BCUT2D eigenvalue weighted by molar-refractivity contribution is -0.219. The van der Waals surface area contributed by atoms with Gasteiger partial charge < -0.3 is 61.3 Å². The fraction of sp³-hybridized carbons (Fsp3) is 0.716. The average molecular weight is 1390 g/mol. The molecule has 0 radical (unpaired) electrons. The van der Waals surface area contributed by atoms with Crippen LogP contribution in [0, 0.1) is 85.8 Å². The second kappa shape index (κ2) is 27.6. The summed E-state index contributed by atoms with van der Waals surface area (Å²) in [5.41, 5.74) is -15.5. The number of aliphatic carboxylic acids is 3. The van der Waals surface area contributed by atoms with Gasteiger partial charge in [0.15, 0.2) is 51.7 Å². The van der Waals surface area contributed by atoms with Gasteiger partial charge in [0, 0.05) is 70.0 Å². The van der Waals surface area contributed by atoms with Crippen LogP contribution in [0.2, 0.25) is 0 Å². The molecule has 546 valence electrons. The van der Waals surface area contributed by atoms with Crippen LogP contribution in [-0.4, -0.2) is 186 Å². The second-order valence-corrected chi connectivity index (χ2v) is 31.3. The van der Waals surface area contributed by atoms with Gasteiger partial charge in [-0.05, 0) is 170 Å². The maximum atomic E-state index is 16.9. The van der Waals surface area contributed by atoms with E-state index in [1.165, 1.54) is 36.5 Å². The molecule has 21 nitrogen and oxygen atoms in total. The number of aliphatic hydroxyl groups is 9. The van der Waals surface area contributed by atoms with Gasteiger partial charge >= 0.3 is 11.9 Å². The number of aliphatic hydroxyl groups excluding tert-OH is 6. The summed E-state index contributed by atoms with van der Waals surface area (Å²) >= 11 is 0. The molecule has 12 aliphatic rings. The maximum Gasteiger partial charge on any atom is 0.303 e. The van der Waals surface area contributed by atoms with Crippen molar-refractivity contribution in [3.63, 3.8) is 0 Å². The van der Waals surface area contributed by atoms with Gasteiger partial charge in [-0.3, -0.25) is 43.2 Å². The van der Waals surface area contributed by atoms with Crippen LogP contribution in [0.15, 0.2) is 71.4 Å². The summed E-state index contributed by atoms with van der Waals surface area (Å²) in [6, 6.07) is 0. The first-order valence-electron chi connectivity index (χ1n) is 34.3. The minimum Gasteiger partial charge on any atom is -0.481 e. The van der Waals surface area contributed by atoms with Crippen molar-refractivity contribution in [3.05, 3.63) is 71.4 Å². The number of allylic oxidation sites excluding steroid dienone is 12. The maximum absolute atomic E-state index is 16.9. The highest BCUT2D eigenvalue weighted by atomic mass is 19.2. The summed E-state index contributed by atoms with van der Waals surface area (Å²) in [7, 11) is 0. The second-order valence-electron chi connectivity index (χ2n) is 31.3. The van der Waals surface area contributed by atoms with E-state index in [9.17, 15) is 84.3 Å². The quantitative estimate of drug-likeness (QED) is 0.120. The topological polar surface area (TPSA) is 396 Å². The Morgan fingerprint density at radius 1 is 0.439 bits per heavy atom. The molecule has 0 aromatic carbocycles. The van der Waals surface area contributed by atoms with Gasteiger partial charge in [-0.25, -0.2) is 13.2 Å². The fourth-order valence-corrected chi connectivity index (χ4v) is 21.8. The molecule has 0 spiro atoms. The van der Waals surface area contributed by atoms with Gasteiger partial charge in [0.25, 0.3) is 5.97 Å². The molecule has 0 aromatic heterocycles. The van der Waals surface area contributed by atoms with E-state index in [0.717, 1.165) is 6.92 Å². The zero-order valence-electron chi connectivity index (χ0n) is 58.3. The SMILES string of the molecule is CC(=O)O.CCC(=O)O.CCC(=O)O.C[C@H]1C[C@H]2[C@@H]3CCC4=CC(=O)C=C[C@]4(C)[C@@]3(F)[C@@H](O)C[C@]2(C)[C@@]1(O)C(=O)CO.C[C@H]1C[C@H]2[C@@H]3CCC4=CC(=O)C=C[C@]4(C)[C@@]3(F)[C@@H](O)C[C@]2(C)[C@@]1(O)C(=O)CO.C[C@H]1C[C@H]2[C@@H]3CCC4=CC(=O)C=C[C@]4(C)[C@@]3(F)[C@@H](O)C[C@]2(C)[C@@]1(O)C(=O)CO. The van der Waals surface area contributed by atoms with E-state index < -0.39 is 175 Å². The van der Waals surface area contributed by atoms with Crippen LogP contribution in [0.3, 0.4) is 0 Å². The van der Waals surface area contributed by atoms with Crippen molar-refractivity contribution in [1.29, 1.82) is 0 Å². The summed E-state index contributed by atoms with van der Waals surface area (Å²) in [6.45, 7) is 17.7. The third-order valence-electron chi connectivity index (χ3n) is 27.0. The van der Waals surface area contributed by atoms with E-state index in [0.29, 0.717) is 74.5 Å². The Morgan fingerprint density at radius 3 is 0.827 bits per heavy atom. The Hall–Kier alpha value is -5.70. The predicted octanol–water partition coefficient (Wildman–Crippen LogP) is 6.74. The van der Waals surface area contributed by atoms with E-state index in [2.05, 4.69) is 0 Å². The fourth-order valence-electron chi connectivity index (χ4n) is 21.8. The minimum absolute atomic E-state index is 0.0676. The molecule has 98 heavy (non-hydrogen) atoms. The molecule has 12 aliphatic carbocycles. The van der Waals surface area contributed by atoms with Gasteiger partial charge in [-0.1, -0.05) is 90.3 Å². The molecule has 0 heterocycles. The summed E-state index contributed by atoms with van der Waals surface area (Å²) in [4.78, 5) is 101. The first-order valence-corrected chi connectivity index (χ1v) is 34.3. The Bertz CT molecular complexity index is 3080. The molecule has 24 atom stereocenters. The lowest BCUT2D eigenvalue weighted by atomic mass is 9.44. The lowest BCUT2D eigenvalue weighted by Crippen LogP contribution is -2.69. The van der Waals surface area contributed by atoms with Crippen molar-refractivity contribution in [2.45, 2.75) is 225 Å². The highest BCUT2D eigenvalue weighted by Gasteiger charge is 2.79. The molecule has 0 aliphatic heterocycles. The van der Waals surface area contributed by atoms with Crippen molar-refractivity contribution in [2.75, 3.05) is 19.8 Å². The summed E-state index contributed by atoms with van der Waals surface area (Å²) in [6.07, 6.45) is 13.8. The molecule has 0 saturated heterocycles. The molecular weight excluding hydrogens is 1280 g/mol. The summed E-state index contributed by atoms with van der Waals surface area (Å²) in [5.74, 6) is -8.68. The van der Waals surface area contributed by atoms with Crippen molar-refractivity contribution >= 4 is 52.6 Å². The zero-order valence-corrected chi connectivity index (χ0v) is 58.3. The lowest BCUT2D eigenvalue weighted by Gasteiger charge is -2.62. The van der Waals surface area contributed by atoms with Gasteiger partial charge in [-0.2, -0.15) is 0 Å². The minimum atomic E-state index is -1.98. The highest BCUT2D eigenvalue weighted by Crippen LogP contribution is 2.74. The van der Waals surface area contributed by atoms with Crippen molar-refractivity contribution < 1.29 is 118 Å². The molecule has 9 saturated carbocycles. The van der Waals surface area contributed by atoms with Gasteiger partial charge in [-0.15, -0.1) is 0 Å². The van der Waals surface area contributed by atoms with Crippen LogP contribution < -0.4 is 0 Å². The van der Waals surface area contributed by atoms with Crippen LogP contribution in [0.25, 0.3) is 0 Å². The largest absolute Gasteiger partial charge is 0.481 e. The Morgan fingerprint density at radius 2 is 0.643 bits per heavy atom. The van der Waals surface area contributed by atoms with Crippen LogP contribution in [0.5, 0.6) is 0 Å². The van der Waals surface area contributed by atoms with E-state index in [4.69, 9.17) is 20.1 Å². The molecule has 0 unspecified atom stereocenters. The monoisotopic (exact) mass is 1380 g/mol. The van der Waals surface area contributed by atoms with Crippen LogP contribution in [0.4, 0.5) is 13.2 Å². The third kappa shape index (κ3) is 11.5. The van der Waals surface area contributed by atoms with Crippen molar-refractivity contribution in [1.82, 2.24) is 0 Å². The number of rotatable bonds is 8. The first-order chi connectivity index (χ1) is 45.2. The molecule has 0 amide bonds. The van der Waals surface area contributed by atoms with E-state index >= 15 is 13.2 Å². The van der Waals surface area contributed by atoms with Gasteiger partial charge in [0.2, 0.25) is 0 Å². The number of carboxylic acid groups (broad SMARTS) is 3. The Kier molecular flexibility index (Phi) is 22.4. The smallest absolute Gasteiger partial charge is 0.303 e. The number of carbonyl (C=O) groups excluding carboxylic acids is 6. The number of carboxylic acids is 3.